The Morgan fingerprint density at radius 2 is 2.24 bits per heavy atom. The number of hydrogen-bond donors (Lipinski definition) is 0. The van der Waals surface area contributed by atoms with Crippen LogP contribution in [0.3, 0.4) is 0 Å². The molecule has 1 saturated carbocycles. The number of likely N-dealkylation sites (N-methyl/N-ethyl adjacent to an activating group) is 1. The molecular formula is C12H17ClN2O2. The molecule has 0 N–H and O–H groups in total. The van der Waals surface area contributed by atoms with Crippen molar-refractivity contribution < 1.29 is 9.53 Å². The largest absolute Gasteiger partial charge is 0.460 e. The Bertz CT molecular complexity index is 377. The lowest BCUT2D eigenvalue weighted by molar-refractivity contribution is 0.0368. The number of aromatic nitrogens is 1. The van der Waals surface area contributed by atoms with Crippen LogP contribution in [0.25, 0.3) is 0 Å². The van der Waals surface area contributed by atoms with E-state index in [9.17, 15) is 4.79 Å². The third-order valence-corrected chi connectivity index (χ3v) is 3.15. The molecule has 1 aromatic rings. The van der Waals surface area contributed by atoms with E-state index in [0.717, 1.165) is 12.8 Å². The minimum absolute atomic E-state index is 0. The van der Waals surface area contributed by atoms with E-state index in [0.29, 0.717) is 12.2 Å². The first-order chi connectivity index (χ1) is 7.64. The van der Waals surface area contributed by atoms with Gasteiger partial charge in [-0.25, -0.2) is 4.79 Å². The smallest absolute Gasteiger partial charge is 0.339 e. The molecule has 94 valence electrons. The topological polar surface area (TPSA) is 42.4 Å². The molecule has 1 fully saturated rings. The van der Waals surface area contributed by atoms with Crippen molar-refractivity contribution in [2.45, 2.75) is 18.4 Å². The summed E-state index contributed by atoms with van der Waals surface area (Å²) >= 11 is 0. The quantitative estimate of drug-likeness (QED) is 0.770. The predicted octanol–water partition coefficient (Wildman–Crippen LogP) is 1.75. The van der Waals surface area contributed by atoms with Gasteiger partial charge in [0, 0.05) is 12.4 Å². The summed E-state index contributed by atoms with van der Waals surface area (Å²) in [4.78, 5) is 17.7. The summed E-state index contributed by atoms with van der Waals surface area (Å²) in [5, 5.41) is 0. The van der Waals surface area contributed by atoms with Crippen LogP contribution >= 0.6 is 12.4 Å². The highest BCUT2D eigenvalue weighted by atomic mass is 35.5. The highest BCUT2D eigenvalue weighted by Gasteiger charge is 2.46. The number of rotatable bonds is 4. The Balaban J connectivity index is 0.00000144. The summed E-state index contributed by atoms with van der Waals surface area (Å²) in [5.74, 6) is -0.291. The molecule has 1 aliphatic rings. The van der Waals surface area contributed by atoms with Gasteiger partial charge in [0.2, 0.25) is 0 Å². The van der Waals surface area contributed by atoms with Gasteiger partial charge in [0.1, 0.15) is 6.61 Å². The molecule has 0 atom stereocenters. The van der Waals surface area contributed by atoms with Crippen LogP contribution in [-0.4, -0.2) is 42.1 Å². The van der Waals surface area contributed by atoms with Gasteiger partial charge in [-0.3, -0.25) is 4.98 Å². The molecule has 0 unspecified atom stereocenters. The zero-order chi connectivity index (χ0) is 11.6. The normalized spacial score (nSPS) is 16.2. The molecule has 17 heavy (non-hydrogen) atoms. The maximum absolute atomic E-state index is 11.7. The van der Waals surface area contributed by atoms with E-state index >= 15 is 0 Å². The highest BCUT2D eigenvalue weighted by molar-refractivity contribution is 5.88. The summed E-state index contributed by atoms with van der Waals surface area (Å²) in [6.45, 7) is 0.466. The highest BCUT2D eigenvalue weighted by Crippen LogP contribution is 2.40. The van der Waals surface area contributed by atoms with Gasteiger partial charge in [-0.2, -0.15) is 0 Å². The lowest BCUT2D eigenvalue weighted by atomic mass is 10.2. The molecule has 1 heterocycles. The van der Waals surface area contributed by atoms with Gasteiger partial charge >= 0.3 is 5.97 Å². The summed E-state index contributed by atoms with van der Waals surface area (Å²) in [6.07, 6.45) is 5.36. The van der Waals surface area contributed by atoms with Crippen molar-refractivity contribution in [3.05, 3.63) is 30.1 Å². The predicted molar refractivity (Wildman–Crippen MR) is 67.4 cm³/mol. The standard InChI is InChI=1S/C12H16N2O2.ClH/c1-14(2)12(5-6-12)9-16-11(15)10-4-3-7-13-8-10;/h3-4,7-8H,5-6,9H2,1-2H3;1H. The van der Waals surface area contributed by atoms with Crippen molar-refractivity contribution in [3.8, 4) is 0 Å². The number of ether oxygens (including phenoxy) is 1. The first-order valence-electron chi connectivity index (χ1n) is 5.39. The number of carbonyl (C=O) groups excluding carboxylic acids is 1. The van der Waals surface area contributed by atoms with E-state index in [1.807, 2.05) is 14.1 Å². The average Bonchev–Trinajstić information content (AvgIpc) is 3.08. The molecule has 0 aromatic carbocycles. The number of carbonyl (C=O) groups is 1. The second-order valence-corrected chi connectivity index (χ2v) is 4.44. The maximum atomic E-state index is 11.7. The lowest BCUT2D eigenvalue weighted by Gasteiger charge is -2.22. The van der Waals surface area contributed by atoms with Gasteiger partial charge in [0.05, 0.1) is 11.1 Å². The first kappa shape index (κ1) is 13.9. The molecule has 0 spiro atoms. The van der Waals surface area contributed by atoms with Crippen LogP contribution in [0.2, 0.25) is 0 Å². The van der Waals surface area contributed by atoms with E-state index in [1.165, 1.54) is 6.20 Å². The van der Waals surface area contributed by atoms with Crippen LogP contribution in [0.5, 0.6) is 0 Å². The maximum Gasteiger partial charge on any atom is 0.339 e. The molecule has 1 aliphatic carbocycles. The molecule has 1 aromatic heterocycles. The van der Waals surface area contributed by atoms with Gasteiger partial charge in [-0.1, -0.05) is 0 Å². The lowest BCUT2D eigenvalue weighted by Crippen LogP contribution is -2.35. The zero-order valence-corrected chi connectivity index (χ0v) is 10.9. The van der Waals surface area contributed by atoms with Crippen molar-refractivity contribution in [3.63, 3.8) is 0 Å². The van der Waals surface area contributed by atoms with E-state index in [4.69, 9.17) is 4.74 Å². The van der Waals surface area contributed by atoms with Crippen molar-refractivity contribution in [2.75, 3.05) is 20.7 Å². The molecule has 0 saturated heterocycles. The van der Waals surface area contributed by atoms with Crippen molar-refractivity contribution in [1.29, 1.82) is 0 Å². The summed E-state index contributed by atoms with van der Waals surface area (Å²) in [5.41, 5.74) is 0.592. The third kappa shape index (κ3) is 3.17. The Morgan fingerprint density at radius 3 is 2.71 bits per heavy atom. The fourth-order valence-electron chi connectivity index (χ4n) is 1.63. The molecule has 0 amide bonds. The van der Waals surface area contributed by atoms with Gasteiger partial charge in [-0.15, -0.1) is 12.4 Å². The van der Waals surface area contributed by atoms with E-state index < -0.39 is 0 Å². The third-order valence-electron chi connectivity index (χ3n) is 3.15. The van der Waals surface area contributed by atoms with E-state index in [-0.39, 0.29) is 23.9 Å². The monoisotopic (exact) mass is 256 g/mol. The fraction of sp³-hybridized carbons (Fsp3) is 0.500. The number of hydrogen-bond acceptors (Lipinski definition) is 4. The van der Waals surface area contributed by atoms with Crippen molar-refractivity contribution >= 4 is 18.4 Å². The zero-order valence-electron chi connectivity index (χ0n) is 10.0. The van der Waals surface area contributed by atoms with Crippen LogP contribution in [0.15, 0.2) is 24.5 Å². The Labute approximate surface area is 107 Å². The van der Waals surface area contributed by atoms with Crippen LogP contribution in [0, 0.1) is 0 Å². The molecule has 2 rings (SSSR count). The first-order valence-corrected chi connectivity index (χ1v) is 5.39. The van der Waals surface area contributed by atoms with Gasteiger partial charge in [-0.05, 0) is 39.1 Å². The fourth-order valence-corrected chi connectivity index (χ4v) is 1.63. The van der Waals surface area contributed by atoms with Crippen LogP contribution in [0.4, 0.5) is 0 Å². The number of halogens is 1. The molecule has 5 heteroatoms. The second-order valence-electron chi connectivity index (χ2n) is 4.44. The minimum atomic E-state index is -0.291. The van der Waals surface area contributed by atoms with E-state index in [2.05, 4.69) is 9.88 Å². The van der Waals surface area contributed by atoms with Crippen LogP contribution in [0.1, 0.15) is 23.2 Å². The summed E-state index contributed by atoms with van der Waals surface area (Å²) in [7, 11) is 4.04. The Hall–Kier alpha value is -1.13. The average molecular weight is 257 g/mol. The summed E-state index contributed by atoms with van der Waals surface area (Å²) < 4.78 is 5.30. The number of nitrogens with zero attached hydrogens (tertiary/aromatic N) is 2. The van der Waals surface area contributed by atoms with Crippen molar-refractivity contribution in [1.82, 2.24) is 9.88 Å². The molecule has 0 bridgehead atoms. The van der Waals surface area contributed by atoms with Gasteiger partial charge in [0.15, 0.2) is 0 Å². The van der Waals surface area contributed by atoms with Crippen molar-refractivity contribution in [2.24, 2.45) is 0 Å². The Morgan fingerprint density at radius 1 is 1.53 bits per heavy atom. The van der Waals surface area contributed by atoms with Crippen LogP contribution < -0.4 is 0 Å². The second kappa shape index (κ2) is 5.47. The number of pyridine rings is 1. The van der Waals surface area contributed by atoms with E-state index in [1.54, 1.807) is 18.3 Å². The Kier molecular flexibility index (Phi) is 4.48. The minimum Gasteiger partial charge on any atom is -0.460 e. The summed E-state index contributed by atoms with van der Waals surface area (Å²) in [6, 6.07) is 3.44. The molecule has 4 nitrogen and oxygen atoms in total. The van der Waals surface area contributed by atoms with Gasteiger partial charge < -0.3 is 9.64 Å². The molecular weight excluding hydrogens is 240 g/mol. The number of esters is 1. The molecule has 0 aliphatic heterocycles. The SMILES string of the molecule is CN(C)C1(COC(=O)c2cccnc2)CC1.Cl. The van der Waals surface area contributed by atoms with Gasteiger partial charge in [0.25, 0.3) is 0 Å². The molecule has 0 radical (unpaired) electrons. The van der Waals surface area contributed by atoms with Crippen LogP contribution in [-0.2, 0) is 4.74 Å².